The Kier molecular flexibility index (Phi) is 11.3. The predicted octanol–water partition coefficient (Wildman–Crippen LogP) is 6.46. The second kappa shape index (κ2) is 15.8. The third-order valence-electron chi connectivity index (χ3n) is 6.42. The highest BCUT2D eigenvalue weighted by atomic mass is 16.5. The summed E-state index contributed by atoms with van der Waals surface area (Å²) in [6.45, 7) is 8.64. The minimum Gasteiger partial charge on any atom is -0.490 e. The first-order valence-electron chi connectivity index (χ1n) is 14.4. The molecule has 0 radical (unpaired) electrons. The molecule has 0 aliphatic heterocycles. The van der Waals surface area contributed by atoms with E-state index in [2.05, 4.69) is 15.8 Å². The molecule has 0 spiro atoms. The smallest absolute Gasteiger partial charge is 0.271 e. The highest BCUT2D eigenvalue weighted by Crippen LogP contribution is 2.30. The molecule has 9 heteroatoms. The number of hydrogen-bond donors (Lipinski definition) is 2. The van der Waals surface area contributed by atoms with Gasteiger partial charge in [-0.3, -0.25) is 9.59 Å². The fraction of sp³-hybridized carbons (Fsp3) is 0.229. The number of carbonyl (C=O) groups is 2. The van der Waals surface area contributed by atoms with Crippen LogP contribution in [0, 0.1) is 13.8 Å². The number of carbonyl (C=O) groups excluding carboxylic acids is 2. The maximum absolute atomic E-state index is 12.8. The summed E-state index contributed by atoms with van der Waals surface area (Å²) in [5.41, 5.74) is 7.37. The number of amides is 2. The van der Waals surface area contributed by atoms with E-state index in [1.54, 1.807) is 36.4 Å². The van der Waals surface area contributed by atoms with E-state index in [0.29, 0.717) is 53.9 Å². The average Bonchev–Trinajstić information content (AvgIpc) is 3.02. The molecular formula is C35H37N3O6. The summed E-state index contributed by atoms with van der Waals surface area (Å²) in [4.78, 5) is 25.3. The molecule has 2 amide bonds. The van der Waals surface area contributed by atoms with Gasteiger partial charge < -0.3 is 24.3 Å². The Bertz CT molecular complexity index is 1600. The average molecular weight is 596 g/mol. The zero-order chi connectivity index (χ0) is 31.3. The van der Waals surface area contributed by atoms with Gasteiger partial charge in [0.1, 0.15) is 6.61 Å². The first-order valence-corrected chi connectivity index (χ1v) is 14.4. The van der Waals surface area contributed by atoms with Crippen molar-refractivity contribution < 1.29 is 28.5 Å². The number of rotatable bonds is 14. The number of benzene rings is 4. The Morgan fingerprint density at radius 3 is 2.20 bits per heavy atom. The number of aryl methyl sites for hydroxylation is 2. The number of hydrogen-bond acceptors (Lipinski definition) is 7. The molecule has 0 saturated carbocycles. The van der Waals surface area contributed by atoms with Crippen LogP contribution in [0.2, 0.25) is 0 Å². The van der Waals surface area contributed by atoms with Crippen molar-refractivity contribution in [2.24, 2.45) is 5.10 Å². The second-order valence-corrected chi connectivity index (χ2v) is 9.86. The van der Waals surface area contributed by atoms with Crippen LogP contribution >= 0.6 is 0 Å². The van der Waals surface area contributed by atoms with Crippen LogP contribution in [0.25, 0.3) is 0 Å². The van der Waals surface area contributed by atoms with Crippen molar-refractivity contribution in [1.29, 1.82) is 0 Å². The third-order valence-corrected chi connectivity index (χ3v) is 6.42. The van der Waals surface area contributed by atoms with E-state index in [9.17, 15) is 9.59 Å². The monoisotopic (exact) mass is 595 g/mol. The van der Waals surface area contributed by atoms with Crippen molar-refractivity contribution in [2.75, 3.05) is 25.1 Å². The van der Waals surface area contributed by atoms with Crippen molar-refractivity contribution in [1.82, 2.24) is 5.43 Å². The predicted molar refractivity (Wildman–Crippen MR) is 171 cm³/mol. The quantitative estimate of drug-likeness (QED) is 0.128. The molecule has 0 unspecified atom stereocenters. The van der Waals surface area contributed by atoms with Crippen molar-refractivity contribution in [3.8, 4) is 23.0 Å². The summed E-state index contributed by atoms with van der Waals surface area (Å²) in [7, 11) is 0. The van der Waals surface area contributed by atoms with E-state index < -0.39 is 5.91 Å². The van der Waals surface area contributed by atoms with Gasteiger partial charge in [-0.15, -0.1) is 0 Å². The zero-order valence-corrected chi connectivity index (χ0v) is 25.4. The fourth-order valence-corrected chi connectivity index (χ4v) is 4.19. The molecule has 0 atom stereocenters. The molecule has 0 saturated heterocycles. The van der Waals surface area contributed by atoms with Gasteiger partial charge >= 0.3 is 0 Å². The van der Waals surface area contributed by atoms with E-state index in [1.807, 2.05) is 76.2 Å². The van der Waals surface area contributed by atoms with Gasteiger partial charge in [-0.05, 0) is 92.4 Å². The molecule has 44 heavy (non-hydrogen) atoms. The number of anilines is 1. The van der Waals surface area contributed by atoms with Gasteiger partial charge in [0.05, 0.1) is 19.4 Å². The third kappa shape index (κ3) is 9.09. The SMILES string of the molecule is CCOc1cc(/C=N/NC(=O)c2ccc(OCc3ccccc3)c(OCC)c2)ccc1OCC(=O)Nc1cc(C)ccc1C. The van der Waals surface area contributed by atoms with Crippen LogP contribution in [0.3, 0.4) is 0 Å². The molecule has 9 nitrogen and oxygen atoms in total. The number of nitrogens with one attached hydrogen (secondary N) is 2. The summed E-state index contributed by atoms with van der Waals surface area (Å²) < 4.78 is 23.1. The minimum absolute atomic E-state index is 0.184. The lowest BCUT2D eigenvalue weighted by atomic mass is 10.1. The molecule has 0 fully saturated rings. The summed E-state index contributed by atoms with van der Waals surface area (Å²) in [6, 6.07) is 25.8. The van der Waals surface area contributed by atoms with Crippen LogP contribution in [0.5, 0.6) is 23.0 Å². The highest BCUT2D eigenvalue weighted by Gasteiger charge is 2.13. The Balaban J connectivity index is 1.36. The first-order chi connectivity index (χ1) is 21.4. The van der Waals surface area contributed by atoms with E-state index in [-0.39, 0.29) is 12.5 Å². The molecule has 228 valence electrons. The maximum Gasteiger partial charge on any atom is 0.271 e. The van der Waals surface area contributed by atoms with Crippen LogP contribution in [0.4, 0.5) is 5.69 Å². The molecule has 0 aliphatic rings. The van der Waals surface area contributed by atoms with Crippen LogP contribution in [0.1, 0.15) is 46.5 Å². The van der Waals surface area contributed by atoms with Gasteiger partial charge in [-0.1, -0.05) is 42.5 Å². The molecule has 0 aliphatic carbocycles. The van der Waals surface area contributed by atoms with Gasteiger partial charge in [-0.2, -0.15) is 5.10 Å². The van der Waals surface area contributed by atoms with Gasteiger partial charge in [0, 0.05) is 11.3 Å². The maximum atomic E-state index is 12.8. The number of hydrazone groups is 1. The largest absolute Gasteiger partial charge is 0.490 e. The van der Waals surface area contributed by atoms with Crippen molar-refractivity contribution in [3.63, 3.8) is 0 Å². The summed E-state index contributed by atoms with van der Waals surface area (Å²) in [6.07, 6.45) is 1.50. The molecule has 4 rings (SSSR count). The summed E-state index contributed by atoms with van der Waals surface area (Å²) in [5, 5.41) is 6.98. The van der Waals surface area contributed by atoms with Crippen LogP contribution in [-0.2, 0) is 11.4 Å². The molecule has 0 aromatic heterocycles. The molecule has 0 bridgehead atoms. The summed E-state index contributed by atoms with van der Waals surface area (Å²) >= 11 is 0. The second-order valence-electron chi connectivity index (χ2n) is 9.86. The van der Waals surface area contributed by atoms with E-state index in [1.165, 1.54) is 6.21 Å². The molecular weight excluding hydrogens is 558 g/mol. The standard InChI is InChI=1S/C35H37N3O6/c1-5-41-32-19-27(14-16-30(32)44-23-34(39)37-29-18-24(3)12-13-25(29)4)21-36-38-35(40)28-15-17-31(33(20-28)42-6-2)43-22-26-10-8-7-9-11-26/h7-21H,5-6,22-23H2,1-4H3,(H,37,39)(H,38,40)/b36-21+. The van der Waals surface area contributed by atoms with Crippen LogP contribution in [-0.4, -0.2) is 37.8 Å². The van der Waals surface area contributed by atoms with Gasteiger partial charge in [-0.25, -0.2) is 5.43 Å². The zero-order valence-electron chi connectivity index (χ0n) is 25.4. The lowest BCUT2D eigenvalue weighted by Crippen LogP contribution is -2.21. The topological polar surface area (TPSA) is 107 Å². The normalized spacial score (nSPS) is 10.7. The lowest BCUT2D eigenvalue weighted by Gasteiger charge is -2.14. The molecule has 4 aromatic rings. The fourth-order valence-electron chi connectivity index (χ4n) is 4.19. The van der Waals surface area contributed by atoms with Gasteiger partial charge in [0.15, 0.2) is 29.6 Å². The molecule has 4 aromatic carbocycles. The van der Waals surface area contributed by atoms with Crippen molar-refractivity contribution >= 4 is 23.7 Å². The van der Waals surface area contributed by atoms with E-state index in [4.69, 9.17) is 18.9 Å². The lowest BCUT2D eigenvalue weighted by molar-refractivity contribution is -0.118. The number of nitrogens with zero attached hydrogens (tertiary/aromatic N) is 1. The highest BCUT2D eigenvalue weighted by molar-refractivity contribution is 5.95. The van der Waals surface area contributed by atoms with Crippen LogP contribution in [0.15, 0.2) is 90.0 Å². The molecule has 2 N–H and O–H groups in total. The Morgan fingerprint density at radius 1 is 0.750 bits per heavy atom. The van der Waals surface area contributed by atoms with Crippen molar-refractivity contribution in [3.05, 3.63) is 113 Å². The Morgan fingerprint density at radius 2 is 1.45 bits per heavy atom. The first kappa shape index (κ1) is 31.6. The number of ether oxygens (including phenoxy) is 4. The Hall–Kier alpha value is -5.31. The molecule has 0 heterocycles. The van der Waals surface area contributed by atoms with Gasteiger partial charge in [0.2, 0.25) is 0 Å². The van der Waals surface area contributed by atoms with Crippen LogP contribution < -0.4 is 29.7 Å². The van der Waals surface area contributed by atoms with E-state index >= 15 is 0 Å². The van der Waals surface area contributed by atoms with Gasteiger partial charge in [0.25, 0.3) is 11.8 Å². The summed E-state index contributed by atoms with van der Waals surface area (Å²) in [5.74, 6) is 1.20. The Labute approximate surface area is 257 Å². The van der Waals surface area contributed by atoms with E-state index in [0.717, 1.165) is 22.4 Å². The minimum atomic E-state index is -0.406. The van der Waals surface area contributed by atoms with Crippen molar-refractivity contribution in [2.45, 2.75) is 34.3 Å².